The molecule has 0 aliphatic heterocycles. The molecule has 0 N–H and O–H groups in total. The van der Waals surface area contributed by atoms with E-state index in [1.54, 1.807) is 11.8 Å². The molecule has 2 aliphatic rings. The van der Waals surface area contributed by atoms with Gasteiger partial charge in [0, 0.05) is 5.41 Å². The number of rotatable bonds is 2. The summed E-state index contributed by atoms with van der Waals surface area (Å²) >= 11 is 1.80. The second kappa shape index (κ2) is 5.38. The highest BCUT2D eigenvalue weighted by Crippen LogP contribution is 2.60. The lowest BCUT2D eigenvalue weighted by atomic mass is 9.75. The molecule has 1 spiro atoms. The molecule has 0 heterocycles. The average Bonchev–Trinajstić information content (AvgIpc) is 2.95. The maximum atomic E-state index is 3.89. The molecule has 0 bridgehead atoms. The van der Waals surface area contributed by atoms with Crippen LogP contribution in [0.5, 0.6) is 0 Å². The molecule has 0 saturated carbocycles. The first-order valence-electron chi connectivity index (χ1n) is 7.57. The van der Waals surface area contributed by atoms with Crippen LogP contribution in [0, 0.1) is 0 Å². The standard InChI is InChI=1S/C20H22S/c1-5-15-16-10-8-9-11-18(16)20(17(15)6-2)12-14(4)19(13-20)21-7-3/h5-11H,3,12-13H2,1-2,4H3/b15-5-,17-6+. The zero-order valence-corrected chi connectivity index (χ0v) is 13.9. The quantitative estimate of drug-likeness (QED) is 0.623. The van der Waals surface area contributed by atoms with Crippen LogP contribution in [0.3, 0.4) is 0 Å². The molecule has 0 saturated heterocycles. The molecule has 1 aromatic carbocycles. The van der Waals surface area contributed by atoms with E-state index >= 15 is 0 Å². The third kappa shape index (κ3) is 1.98. The Morgan fingerprint density at radius 2 is 1.90 bits per heavy atom. The highest BCUT2D eigenvalue weighted by atomic mass is 32.2. The lowest BCUT2D eigenvalue weighted by Crippen LogP contribution is -2.22. The number of thioether (sulfide) groups is 1. The smallest absolute Gasteiger partial charge is 0.0294 e. The first-order chi connectivity index (χ1) is 10.2. The van der Waals surface area contributed by atoms with Crippen molar-refractivity contribution in [2.75, 3.05) is 0 Å². The van der Waals surface area contributed by atoms with Crippen molar-refractivity contribution in [3.8, 4) is 0 Å². The Kier molecular flexibility index (Phi) is 3.71. The molecule has 3 rings (SSSR count). The van der Waals surface area contributed by atoms with Crippen LogP contribution >= 0.6 is 11.8 Å². The van der Waals surface area contributed by atoms with Crippen LogP contribution < -0.4 is 0 Å². The van der Waals surface area contributed by atoms with Gasteiger partial charge in [-0.15, -0.1) is 11.8 Å². The van der Waals surface area contributed by atoms with Gasteiger partial charge in [0.05, 0.1) is 0 Å². The SMILES string of the molecule is C=CSC1=C(C)CC2(C1)C(=C/C)/C(=C\C)c1ccccc12. The van der Waals surface area contributed by atoms with Gasteiger partial charge in [-0.1, -0.05) is 48.6 Å². The third-order valence-corrected chi connectivity index (χ3v) is 5.79. The largest absolute Gasteiger partial charge is 0.103 e. The van der Waals surface area contributed by atoms with Crippen molar-refractivity contribution in [1.82, 2.24) is 0 Å². The summed E-state index contributed by atoms with van der Waals surface area (Å²) in [7, 11) is 0. The zero-order chi connectivity index (χ0) is 15.0. The Morgan fingerprint density at radius 1 is 1.14 bits per heavy atom. The van der Waals surface area contributed by atoms with E-state index < -0.39 is 0 Å². The summed E-state index contributed by atoms with van der Waals surface area (Å²) in [6.07, 6.45) is 6.85. The monoisotopic (exact) mass is 294 g/mol. The highest BCUT2D eigenvalue weighted by Gasteiger charge is 2.48. The first kappa shape index (κ1) is 14.5. The van der Waals surface area contributed by atoms with Gasteiger partial charge in [0.1, 0.15) is 0 Å². The molecule has 1 unspecified atom stereocenters. The van der Waals surface area contributed by atoms with Crippen molar-refractivity contribution in [2.24, 2.45) is 0 Å². The predicted molar refractivity (Wildman–Crippen MR) is 95.3 cm³/mol. The van der Waals surface area contributed by atoms with Gasteiger partial charge in [0.25, 0.3) is 0 Å². The van der Waals surface area contributed by atoms with Gasteiger partial charge in [-0.2, -0.15) is 0 Å². The summed E-state index contributed by atoms with van der Waals surface area (Å²) in [4.78, 5) is 1.50. The van der Waals surface area contributed by atoms with Gasteiger partial charge in [-0.25, -0.2) is 0 Å². The van der Waals surface area contributed by atoms with E-state index in [-0.39, 0.29) is 5.41 Å². The predicted octanol–water partition coefficient (Wildman–Crippen LogP) is 6.23. The summed E-state index contributed by atoms with van der Waals surface area (Å²) in [5.41, 5.74) is 7.53. The normalized spacial score (nSPS) is 28.0. The van der Waals surface area contributed by atoms with Crippen molar-refractivity contribution in [3.05, 3.63) is 75.6 Å². The molecule has 0 radical (unpaired) electrons. The molecule has 0 nitrogen and oxygen atoms in total. The van der Waals surface area contributed by atoms with Crippen LogP contribution in [0.25, 0.3) is 5.57 Å². The summed E-state index contributed by atoms with van der Waals surface area (Å²) < 4.78 is 0. The van der Waals surface area contributed by atoms with E-state index in [1.807, 2.05) is 5.41 Å². The molecular weight excluding hydrogens is 272 g/mol. The molecular formula is C20H22S. The fourth-order valence-corrected chi connectivity index (χ4v) is 4.89. The average molecular weight is 294 g/mol. The van der Waals surface area contributed by atoms with Gasteiger partial charge in [-0.3, -0.25) is 0 Å². The van der Waals surface area contributed by atoms with E-state index in [1.165, 1.54) is 32.8 Å². The lowest BCUT2D eigenvalue weighted by molar-refractivity contribution is 0.562. The molecule has 108 valence electrons. The molecule has 1 aromatic rings. The fraction of sp³-hybridized carbons (Fsp3) is 0.300. The van der Waals surface area contributed by atoms with Crippen molar-refractivity contribution < 1.29 is 0 Å². The minimum Gasteiger partial charge on any atom is -0.103 e. The van der Waals surface area contributed by atoms with Crippen LogP contribution in [0.4, 0.5) is 0 Å². The summed E-state index contributed by atoms with van der Waals surface area (Å²) in [5.74, 6) is 0. The zero-order valence-electron chi connectivity index (χ0n) is 13.1. The number of fused-ring (bicyclic) bond motifs is 2. The highest BCUT2D eigenvalue weighted by molar-refractivity contribution is 8.05. The molecule has 0 aromatic heterocycles. The Labute approximate surface area is 132 Å². The molecule has 1 atom stereocenters. The lowest BCUT2D eigenvalue weighted by Gasteiger charge is -2.28. The summed E-state index contributed by atoms with van der Waals surface area (Å²) in [5, 5.41) is 1.96. The van der Waals surface area contributed by atoms with Gasteiger partial charge in [-0.05, 0) is 66.2 Å². The van der Waals surface area contributed by atoms with Crippen LogP contribution in [0.2, 0.25) is 0 Å². The molecule has 1 heteroatoms. The van der Waals surface area contributed by atoms with Crippen LogP contribution in [0.15, 0.2) is 64.5 Å². The van der Waals surface area contributed by atoms with Gasteiger partial charge in [0.2, 0.25) is 0 Å². The van der Waals surface area contributed by atoms with Gasteiger partial charge in [0.15, 0.2) is 0 Å². The first-order valence-corrected chi connectivity index (χ1v) is 8.45. The second-order valence-corrected chi connectivity index (χ2v) is 6.94. The van der Waals surface area contributed by atoms with E-state index in [2.05, 4.69) is 63.8 Å². The minimum absolute atomic E-state index is 0.155. The summed E-state index contributed by atoms with van der Waals surface area (Å²) in [6.45, 7) is 10.5. The number of benzene rings is 1. The van der Waals surface area contributed by atoms with Crippen molar-refractivity contribution in [2.45, 2.75) is 39.0 Å². The Morgan fingerprint density at radius 3 is 2.57 bits per heavy atom. The minimum atomic E-state index is 0.155. The third-order valence-electron chi connectivity index (χ3n) is 4.85. The van der Waals surface area contributed by atoms with E-state index in [0.717, 1.165) is 12.8 Å². The maximum Gasteiger partial charge on any atom is 0.0294 e. The second-order valence-electron chi connectivity index (χ2n) is 5.87. The Bertz CT molecular complexity index is 688. The Hall–Kier alpha value is -1.47. The maximum absolute atomic E-state index is 3.89. The van der Waals surface area contributed by atoms with Crippen LogP contribution in [0.1, 0.15) is 44.7 Å². The molecule has 0 fully saturated rings. The van der Waals surface area contributed by atoms with Gasteiger partial charge >= 0.3 is 0 Å². The van der Waals surface area contributed by atoms with Crippen molar-refractivity contribution in [3.63, 3.8) is 0 Å². The number of hydrogen-bond acceptors (Lipinski definition) is 1. The number of allylic oxidation sites excluding steroid dienone is 6. The molecule has 2 aliphatic carbocycles. The molecule has 0 amide bonds. The molecule has 21 heavy (non-hydrogen) atoms. The van der Waals surface area contributed by atoms with E-state index in [9.17, 15) is 0 Å². The van der Waals surface area contributed by atoms with E-state index in [0.29, 0.717) is 0 Å². The Balaban J connectivity index is 2.18. The van der Waals surface area contributed by atoms with Crippen molar-refractivity contribution in [1.29, 1.82) is 0 Å². The fourth-order valence-electron chi connectivity index (χ4n) is 4.09. The number of hydrogen-bond donors (Lipinski definition) is 0. The topological polar surface area (TPSA) is 0 Å². The van der Waals surface area contributed by atoms with Gasteiger partial charge < -0.3 is 0 Å². The van der Waals surface area contributed by atoms with Crippen LogP contribution in [-0.4, -0.2) is 0 Å². The van der Waals surface area contributed by atoms with Crippen molar-refractivity contribution >= 4 is 17.3 Å². The summed E-state index contributed by atoms with van der Waals surface area (Å²) in [6, 6.07) is 8.94. The van der Waals surface area contributed by atoms with E-state index in [4.69, 9.17) is 0 Å². The van der Waals surface area contributed by atoms with Crippen LogP contribution in [-0.2, 0) is 5.41 Å².